The molecule has 0 saturated heterocycles. The summed E-state index contributed by atoms with van der Waals surface area (Å²) in [6.07, 6.45) is 0. The summed E-state index contributed by atoms with van der Waals surface area (Å²) in [5.74, 6) is 2.03. The molecule has 4 N–H and O–H groups in total. The van der Waals surface area contributed by atoms with Crippen LogP contribution in [0.5, 0.6) is 0 Å². The summed E-state index contributed by atoms with van der Waals surface area (Å²) in [7, 11) is 0. The maximum Gasteiger partial charge on any atom is 0.0385 e. The first-order valence-corrected chi connectivity index (χ1v) is 11.0. The summed E-state index contributed by atoms with van der Waals surface area (Å²) in [5, 5.41) is 0. The van der Waals surface area contributed by atoms with Gasteiger partial charge in [-0.25, -0.2) is 0 Å². The van der Waals surface area contributed by atoms with E-state index >= 15 is 0 Å². The van der Waals surface area contributed by atoms with E-state index in [4.69, 9.17) is 11.5 Å². The van der Waals surface area contributed by atoms with Crippen LogP contribution in [0, 0.1) is 3.57 Å². The molecule has 0 fully saturated rings. The quantitative estimate of drug-likeness (QED) is 0.349. The number of nitrogens with two attached hydrogens (primary N) is 2. The van der Waals surface area contributed by atoms with E-state index in [1.165, 1.54) is 25.8 Å². The first kappa shape index (κ1) is 23.8. The third-order valence-corrected chi connectivity index (χ3v) is 5.49. The van der Waals surface area contributed by atoms with Crippen molar-refractivity contribution in [2.24, 2.45) is 0 Å². The van der Waals surface area contributed by atoms with Crippen molar-refractivity contribution in [3.8, 4) is 0 Å². The van der Waals surface area contributed by atoms with Crippen molar-refractivity contribution in [1.29, 1.82) is 0 Å². The number of rotatable bonds is 4. The molecule has 0 radical (unpaired) electrons. The zero-order valence-corrected chi connectivity index (χ0v) is 20.4. The van der Waals surface area contributed by atoms with Crippen molar-refractivity contribution in [3.05, 3.63) is 56.2 Å². The van der Waals surface area contributed by atoms with Gasteiger partial charge in [0, 0.05) is 14.9 Å². The summed E-state index contributed by atoms with van der Waals surface area (Å²) in [5.41, 5.74) is 19.3. The lowest BCUT2D eigenvalue weighted by Gasteiger charge is -2.16. The maximum atomic E-state index is 6.15. The first-order chi connectivity index (χ1) is 12.5. The topological polar surface area (TPSA) is 52.0 Å². The number of anilines is 2. The smallest absolute Gasteiger partial charge is 0.0385 e. The standard InChI is InChI=1S/C12H18IN.C12H19N/c1-7(2)10-5-9(13)6-11(8(3)4)12(10)14;1-8(2)10-6-5-7-11(9(3)4)12(10)13/h5-8H,14H2,1-4H3;5-9H,13H2,1-4H3. The molecule has 0 spiro atoms. The lowest BCUT2D eigenvalue weighted by Crippen LogP contribution is -2.03. The van der Waals surface area contributed by atoms with Gasteiger partial charge in [0.1, 0.15) is 0 Å². The highest BCUT2D eigenvalue weighted by atomic mass is 127. The van der Waals surface area contributed by atoms with Crippen LogP contribution in [0.25, 0.3) is 0 Å². The number of hydrogen-bond acceptors (Lipinski definition) is 2. The van der Waals surface area contributed by atoms with Gasteiger partial charge in [-0.3, -0.25) is 0 Å². The van der Waals surface area contributed by atoms with Crippen molar-refractivity contribution in [2.75, 3.05) is 11.5 Å². The number of halogens is 1. The Morgan fingerprint density at radius 1 is 0.593 bits per heavy atom. The van der Waals surface area contributed by atoms with Gasteiger partial charge in [-0.05, 0) is 80.6 Å². The monoisotopic (exact) mass is 480 g/mol. The lowest BCUT2D eigenvalue weighted by molar-refractivity contribution is 0.838. The number of para-hydroxylation sites is 1. The van der Waals surface area contributed by atoms with Crippen LogP contribution in [-0.4, -0.2) is 0 Å². The highest BCUT2D eigenvalue weighted by molar-refractivity contribution is 14.1. The molecule has 0 atom stereocenters. The Balaban J connectivity index is 0.000000271. The van der Waals surface area contributed by atoms with E-state index in [0.717, 1.165) is 11.4 Å². The summed E-state index contributed by atoms with van der Waals surface area (Å²) < 4.78 is 1.28. The molecule has 0 aliphatic carbocycles. The van der Waals surface area contributed by atoms with Crippen LogP contribution >= 0.6 is 22.6 Å². The largest absolute Gasteiger partial charge is 0.398 e. The van der Waals surface area contributed by atoms with Crippen LogP contribution in [0.1, 0.15) is 101 Å². The Morgan fingerprint density at radius 2 is 0.889 bits per heavy atom. The molecule has 0 bridgehead atoms. The number of benzene rings is 2. The average molecular weight is 480 g/mol. The van der Waals surface area contributed by atoms with Gasteiger partial charge in [-0.1, -0.05) is 73.6 Å². The summed E-state index contributed by atoms with van der Waals surface area (Å²) in [4.78, 5) is 0. The van der Waals surface area contributed by atoms with Crippen molar-refractivity contribution in [1.82, 2.24) is 0 Å². The van der Waals surface area contributed by atoms with E-state index in [0.29, 0.717) is 23.7 Å². The molecule has 0 aliphatic rings. The van der Waals surface area contributed by atoms with Gasteiger partial charge in [0.25, 0.3) is 0 Å². The molecule has 150 valence electrons. The Labute approximate surface area is 180 Å². The van der Waals surface area contributed by atoms with Crippen LogP contribution < -0.4 is 11.5 Å². The van der Waals surface area contributed by atoms with Crippen molar-refractivity contribution >= 4 is 34.0 Å². The fraction of sp³-hybridized carbons (Fsp3) is 0.500. The lowest BCUT2D eigenvalue weighted by atomic mass is 9.93. The van der Waals surface area contributed by atoms with Crippen LogP contribution in [0.4, 0.5) is 11.4 Å². The molecule has 0 heterocycles. The fourth-order valence-corrected chi connectivity index (χ4v) is 3.90. The molecular weight excluding hydrogens is 443 g/mol. The minimum atomic E-state index is 0.502. The Kier molecular flexibility index (Phi) is 9.13. The van der Waals surface area contributed by atoms with E-state index in [-0.39, 0.29) is 0 Å². The van der Waals surface area contributed by atoms with Crippen molar-refractivity contribution in [2.45, 2.75) is 79.1 Å². The molecule has 0 amide bonds. The van der Waals surface area contributed by atoms with Crippen LogP contribution in [0.3, 0.4) is 0 Å². The second kappa shape index (κ2) is 10.4. The van der Waals surface area contributed by atoms with E-state index in [1.807, 2.05) is 0 Å². The molecule has 0 unspecified atom stereocenters. The minimum Gasteiger partial charge on any atom is -0.398 e. The number of hydrogen-bond donors (Lipinski definition) is 2. The Hall–Kier alpha value is -1.23. The van der Waals surface area contributed by atoms with Gasteiger partial charge in [0.2, 0.25) is 0 Å². The second-order valence-electron chi connectivity index (χ2n) is 8.47. The zero-order valence-electron chi connectivity index (χ0n) is 18.2. The number of nitrogen functional groups attached to an aromatic ring is 2. The second-order valence-corrected chi connectivity index (χ2v) is 9.71. The van der Waals surface area contributed by atoms with E-state index in [2.05, 4.69) is 108 Å². The van der Waals surface area contributed by atoms with Crippen molar-refractivity contribution in [3.63, 3.8) is 0 Å². The molecule has 0 aliphatic heterocycles. The van der Waals surface area contributed by atoms with Crippen LogP contribution in [-0.2, 0) is 0 Å². The van der Waals surface area contributed by atoms with Crippen LogP contribution in [0.15, 0.2) is 30.3 Å². The van der Waals surface area contributed by atoms with E-state index in [1.54, 1.807) is 0 Å². The van der Waals surface area contributed by atoms with E-state index in [9.17, 15) is 0 Å². The minimum absolute atomic E-state index is 0.502. The summed E-state index contributed by atoms with van der Waals surface area (Å²) in [6, 6.07) is 10.7. The summed E-state index contributed by atoms with van der Waals surface area (Å²) in [6.45, 7) is 17.5. The Morgan fingerprint density at radius 3 is 1.19 bits per heavy atom. The highest BCUT2D eigenvalue weighted by Gasteiger charge is 2.12. The molecule has 27 heavy (non-hydrogen) atoms. The molecule has 0 saturated carbocycles. The SMILES string of the molecule is CC(C)c1cc(I)cc(C(C)C)c1N.CC(C)c1cccc(C(C)C)c1N. The first-order valence-electron chi connectivity index (χ1n) is 9.94. The average Bonchev–Trinajstić information content (AvgIpc) is 2.56. The zero-order chi connectivity index (χ0) is 20.9. The molecule has 2 aromatic rings. The van der Waals surface area contributed by atoms with Gasteiger partial charge < -0.3 is 11.5 Å². The molecule has 0 aromatic heterocycles. The molecular formula is C24H37IN2. The normalized spacial score (nSPS) is 11.3. The third kappa shape index (κ3) is 6.41. The van der Waals surface area contributed by atoms with Gasteiger partial charge >= 0.3 is 0 Å². The van der Waals surface area contributed by atoms with Crippen molar-refractivity contribution < 1.29 is 0 Å². The highest BCUT2D eigenvalue weighted by Crippen LogP contribution is 2.32. The van der Waals surface area contributed by atoms with Gasteiger partial charge in [-0.2, -0.15) is 0 Å². The predicted octanol–water partition coefficient (Wildman–Crippen LogP) is 7.64. The van der Waals surface area contributed by atoms with Crippen LogP contribution in [0.2, 0.25) is 0 Å². The molecule has 2 rings (SSSR count). The summed E-state index contributed by atoms with van der Waals surface area (Å²) >= 11 is 2.36. The Bertz CT molecular complexity index is 691. The fourth-order valence-electron chi connectivity index (χ4n) is 3.22. The molecule has 3 heteroatoms. The van der Waals surface area contributed by atoms with Gasteiger partial charge in [-0.15, -0.1) is 0 Å². The van der Waals surface area contributed by atoms with E-state index < -0.39 is 0 Å². The predicted molar refractivity (Wildman–Crippen MR) is 131 cm³/mol. The molecule has 2 aromatic carbocycles. The van der Waals surface area contributed by atoms with Gasteiger partial charge in [0.05, 0.1) is 0 Å². The van der Waals surface area contributed by atoms with Gasteiger partial charge in [0.15, 0.2) is 0 Å². The third-order valence-electron chi connectivity index (χ3n) is 4.87. The molecule has 2 nitrogen and oxygen atoms in total. The maximum absolute atomic E-state index is 6.15.